The molecule has 65 heavy (non-hydrogen) atoms. The quantitative estimate of drug-likeness (QED) is 0.0321. The second-order valence-electron chi connectivity index (χ2n) is 20.3. The first kappa shape index (κ1) is 63.6. The Kier molecular flexibility index (Phi) is 54.0. The Labute approximate surface area is 406 Å². The van der Waals surface area contributed by atoms with Gasteiger partial charge in [0, 0.05) is 12.8 Å². The van der Waals surface area contributed by atoms with Crippen LogP contribution in [-0.2, 0) is 14.3 Å². The molecule has 0 aromatic heterocycles. The Morgan fingerprint density at radius 3 is 1.05 bits per heavy atom. The van der Waals surface area contributed by atoms with E-state index in [1.807, 2.05) is 6.08 Å². The number of aliphatic hydroxyl groups excluding tert-OH is 2. The Bertz CT molecular complexity index is 970. The van der Waals surface area contributed by atoms with Gasteiger partial charge in [-0.05, 0) is 32.1 Å². The summed E-state index contributed by atoms with van der Waals surface area (Å²) in [6, 6.07) is -0.648. The highest BCUT2D eigenvalue weighted by molar-refractivity contribution is 5.76. The molecular formula is C59H115NO5. The monoisotopic (exact) mass is 918 g/mol. The molecule has 0 heterocycles. The van der Waals surface area contributed by atoms with Crippen LogP contribution in [0.2, 0.25) is 0 Å². The van der Waals surface area contributed by atoms with Crippen molar-refractivity contribution in [2.75, 3.05) is 13.2 Å². The number of rotatable bonds is 55. The molecule has 1 amide bonds. The van der Waals surface area contributed by atoms with Crippen LogP contribution in [0, 0.1) is 0 Å². The highest BCUT2D eigenvalue weighted by atomic mass is 16.5. The lowest BCUT2D eigenvalue weighted by Gasteiger charge is -2.20. The van der Waals surface area contributed by atoms with Gasteiger partial charge < -0.3 is 20.3 Å². The van der Waals surface area contributed by atoms with Crippen LogP contribution in [0.3, 0.4) is 0 Å². The Morgan fingerprint density at radius 1 is 0.415 bits per heavy atom. The number of carbonyl (C=O) groups is 2. The summed E-state index contributed by atoms with van der Waals surface area (Å²) in [7, 11) is 0. The van der Waals surface area contributed by atoms with Gasteiger partial charge in [0.1, 0.15) is 0 Å². The van der Waals surface area contributed by atoms with Gasteiger partial charge in [0.2, 0.25) is 5.91 Å². The summed E-state index contributed by atoms with van der Waals surface area (Å²) in [5, 5.41) is 23.2. The smallest absolute Gasteiger partial charge is 0.305 e. The van der Waals surface area contributed by atoms with Gasteiger partial charge in [0.05, 0.1) is 25.4 Å². The maximum absolute atomic E-state index is 12.5. The number of hydrogen-bond donors (Lipinski definition) is 3. The summed E-state index contributed by atoms with van der Waals surface area (Å²) in [4.78, 5) is 24.5. The third-order valence-electron chi connectivity index (χ3n) is 13.8. The third-order valence-corrected chi connectivity index (χ3v) is 13.8. The third kappa shape index (κ3) is 51.8. The fourth-order valence-electron chi connectivity index (χ4n) is 9.28. The maximum atomic E-state index is 12.5. The summed E-state index contributed by atoms with van der Waals surface area (Å²) in [5.41, 5.74) is 0. The molecule has 0 rings (SSSR count). The minimum Gasteiger partial charge on any atom is -0.466 e. The second kappa shape index (κ2) is 55.2. The van der Waals surface area contributed by atoms with Crippen molar-refractivity contribution in [1.82, 2.24) is 5.32 Å². The number of esters is 1. The average Bonchev–Trinajstić information content (AvgIpc) is 3.31. The number of unbranched alkanes of at least 4 members (excludes halogenated alkanes) is 44. The fourth-order valence-corrected chi connectivity index (χ4v) is 9.28. The highest BCUT2D eigenvalue weighted by Gasteiger charge is 2.18. The molecule has 0 aliphatic heterocycles. The molecule has 6 heteroatoms. The van der Waals surface area contributed by atoms with Crippen molar-refractivity contribution in [3.8, 4) is 0 Å². The highest BCUT2D eigenvalue weighted by Crippen LogP contribution is 2.18. The first-order chi connectivity index (χ1) is 32.0. The minimum atomic E-state index is -0.862. The van der Waals surface area contributed by atoms with E-state index in [1.165, 1.54) is 244 Å². The van der Waals surface area contributed by atoms with Gasteiger partial charge in [-0.2, -0.15) is 0 Å². The molecule has 2 unspecified atom stereocenters. The first-order valence-corrected chi connectivity index (χ1v) is 29.5. The van der Waals surface area contributed by atoms with Gasteiger partial charge >= 0.3 is 5.97 Å². The lowest BCUT2D eigenvalue weighted by molar-refractivity contribution is -0.143. The van der Waals surface area contributed by atoms with Gasteiger partial charge in [-0.3, -0.25) is 9.59 Å². The van der Waals surface area contributed by atoms with Crippen LogP contribution in [0.4, 0.5) is 0 Å². The number of nitrogens with one attached hydrogen (secondary N) is 1. The van der Waals surface area contributed by atoms with Crippen molar-refractivity contribution in [3.63, 3.8) is 0 Å². The molecule has 0 fully saturated rings. The first-order valence-electron chi connectivity index (χ1n) is 29.5. The summed E-state index contributed by atoms with van der Waals surface area (Å²) < 4.78 is 5.46. The van der Waals surface area contributed by atoms with Gasteiger partial charge in [-0.1, -0.05) is 296 Å². The van der Waals surface area contributed by atoms with E-state index in [4.69, 9.17) is 4.74 Å². The van der Waals surface area contributed by atoms with Crippen LogP contribution in [0.5, 0.6) is 0 Å². The van der Waals surface area contributed by atoms with Crippen LogP contribution in [0.1, 0.15) is 328 Å². The lowest BCUT2D eigenvalue weighted by atomic mass is 10.0. The number of carbonyl (C=O) groups excluding carboxylic acids is 2. The van der Waals surface area contributed by atoms with E-state index >= 15 is 0 Å². The zero-order valence-electron chi connectivity index (χ0n) is 44.0. The maximum Gasteiger partial charge on any atom is 0.305 e. The van der Waals surface area contributed by atoms with E-state index in [0.29, 0.717) is 19.4 Å². The molecule has 0 aliphatic rings. The van der Waals surface area contributed by atoms with Gasteiger partial charge in [0.15, 0.2) is 0 Å². The summed E-state index contributed by atoms with van der Waals surface area (Å²) in [5.74, 6) is -0.115. The van der Waals surface area contributed by atoms with E-state index in [9.17, 15) is 19.8 Å². The van der Waals surface area contributed by atoms with E-state index in [1.54, 1.807) is 6.08 Å². The summed E-state index contributed by atoms with van der Waals surface area (Å²) in [6.45, 7) is 4.87. The summed E-state index contributed by atoms with van der Waals surface area (Å²) >= 11 is 0. The van der Waals surface area contributed by atoms with Crippen molar-refractivity contribution >= 4 is 11.9 Å². The van der Waals surface area contributed by atoms with Crippen LogP contribution in [0.15, 0.2) is 12.2 Å². The molecule has 0 bridgehead atoms. The minimum absolute atomic E-state index is 0.0238. The van der Waals surface area contributed by atoms with E-state index < -0.39 is 12.1 Å². The number of ether oxygens (including phenoxy) is 1. The fraction of sp³-hybridized carbons (Fsp3) is 0.932. The Morgan fingerprint density at radius 2 is 0.708 bits per heavy atom. The topological polar surface area (TPSA) is 95.9 Å². The van der Waals surface area contributed by atoms with E-state index in [2.05, 4.69) is 19.2 Å². The number of allylic oxidation sites excluding steroid dienone is 1. The molecule has 6 nitrogen and oxygen atoms in total. The molecule has 0 aromatic rings. The normalized spacial score (nSPS) is 12.6. The SMILES string of the molecule is CCCCCCCCCCCCCCCCCCCCCCCCC/C=C/C(O)C(CO)NC(=O)CCCCCCCCCCCOC(=O)CCCCCCCCCCCCCCCC. The molecule has 0 saturated heterocycles. The van der Waals surface area contributed by atoms with Crippen molar-refractivity contribution < 1.29 is 24.5 Å². The second-order valence-corrected chi connectivity index (χ2v) is 20.3. The average molecular weight is 919 g/mol. The molecule has 386 valence electrons. The number of aliphatic hydroxyl groups is 2. The van der Waals surface area contributed by atoms with Crippen LogP contribution < -0.4 is 5.32 Å². The molecule has 0 saturated carbocycles. The zero-order valence-corrected chi connectivity index (χ0v) is 44.0. The van der Waals surface area contributed by atoms with Crippen LogP contribution in [0.25, 0.3) is 0 Å². The van der Waals surface area contributed by atoms with Crippen molar-refractivity contribution in [2.45, 2.75) is 341 Å². The van der Waals surface area contributed by atoms with Gasteiger partial charge in [0.25, 0.3) is 0 Å². The lowest BCUT2D eigenvalue weighted by Crippen LogP contribution is -2.45. The largest absolute Gasteiger partial charge is 0.466 e. The number of amides is 1. The Balaban J connectivity index is 3.49. The standard InChI is InChI=1S/C59H115NO5/c1-3-5-7-9-11-13-15-17-19-20-21-22-23-24-25-26-27-28-29-30-32-35-39-43-47-51-57(62)56(55-61)60-58(63)52-48-44-40-36-34-38-42-46-50-54-65-59(64)53-49-45-41-37-33-31-18-16-14-12-10-8-6-4-2/h47,51,56-57,61-62H,3-46,48-50,52-55H2,1-2H3,(H,60,63)/b51-47+. The molecule has 0 spiro atoms. The predicted molar refractivity (Wildman–Crippen MR) is 283 cm³/mol. The summed E-state index contributed by atoms with van der Waals surface area (Å²) in [6.07, 6.45) is 65.2. The van der Waals surface area contributed by atoms with E-state index in [-0.39, 0.29) is 18.5 Å². The zero-order chi connectivity index (χ0) is 47.2. The van der Waals surface area contributed by atoms with Gasteiger partial charge in [-0.15, -0.1) is 0 Å². The van der Waals surface area contributed by atoms with E-state index in [0.717, 1.165) is 57.8 Å². The molecule has 2 atom stereocenters. The molecule has 3 N–H and O–H groups in total. The van der Waals surface area contributed by atoms with Crippen molar-refractivity contribution in [3.05, 3.63) is 12.2 Å². The molecule has 0 radical (unpaired) electrons. The van der Waals surface area contributed by atoms with Crippen LogP contribution >= 0.6 is 0 Å². The van der Waals surface area contributed by atoms with Crippen LogP contribution in [-0.4, -0.2) is 47.4 Å². The molecule has 0 aliphatic carbocycles. The van der Waals surface area contributed by atoms with Gasteiger partial charge in [-0.25, -0.2) is 0 Å². The Hall–Kier alpha value is -1.40. The molecular weight excluding hydrogens is 803 g/mol. The predicted octanol–water partition coefficient (Wildman–Crippen LogP) is 18.1. The van der Waals surface area contributed by atoms with Crippen molar-refractivity contribution in [2.24, 2.45) is 0 Å². The molecule has 0 aromatic carbocycles. The number of hydrogen-bond acceptors (Lipinski definition) is 5. The van der Waals surface area contributed by atoms with Crippen molar-refractivity contribution in [1.29, 1.82) is 0 Å².